The van der Waals surface area contributed by atoms with Crippen LogP contribution in [0.1, 0.15) is 33.1 Å². The summed E-state index contributed by atoms with van der Waals surface area (Å²) in [6.45, 7) is 7.59. The first-order valence-corrected chi connectivity index (χ1v) is 5.99. The number of rotatable bonds is 5. The van der Waals surface area contributed by atoms with Crippen molar-refractivity contribution in [3.05, 3.63) is 0 Å². The van der Waals surface area contributed by atoms with E-state index in [1.807, 2.05) is 0 Å². The van der Waals surface area contributed by atoms with Crippen LogP contribution in [0, 0.1) is 5.41 Å². The van der Waals surface area contributed by atoms with Crippen molar-refractivity contribution in [2.24, 2.45) is 11.1 Å². The molecule has 3 nitrogen and oxygen atoms in total. The van der Waals surface area contributed by atoms with Crippen molar-refractivity contribution in [3.63, 3.8) is 0 Å². The van der Waals surface area contributed by atoms with Crippen molar-refractivity contribution < 1.29 is 0 Å². The second kappa shape index (κ2) is 4.81. The van der Waals surface area contributed by atoms with Crippen LogP contribution in [0.5, 0.6) is 0 Å². The van der Waals surface area contributed by atoms with Gasteiger partial charge in [-0.3, -0.25) is 0 Å². The van der Waals surface area contributed by atoms with Gasteiger partial charge in [0.2, 0.25) is 0 Å². The summed E-state index contributed by atoms with van der Waals surface area (Å²) in [5, 5.41) is 3.67. The van der Waals surface area contributed by atoms with Gasteiger partial charge >= 0.3 is 0 Å². The predicted octanol–water partition coefficient (Wildman–Crippen LogP) is 1.05. The van der Waals surface area contributed by atoms with Crippen molar-refractivity contribution in [2.75, 3.05) is 33.7 Å². The van der Waals surface area contributed by atoms with E-state index >= 15 is 0 Å². The van der Waals surface area contributed by atoms with Gasteiger partial charge in [-0.1, -0.05) is 13.8 Å². The first-order chi connectivity index (χ1) is 6.89. The van der Waals surface area contributed by atoms with Crippen LogP contribution in [0.4, 0.5) is 0 Å². The molecule has 1 saturated carbocycles. The molecule has 1 fully saturated rings. The third-order valence-corrected chi connectivity index (χ3v) is 3.55. The van der Waals surface area contributed by atoms with E-state index in [1.165, 1.54) is 19.3 Å². The summed E-state index contributed by atoms with van der Waals surface area (Å²) in [7, 11) is 4.21. The van der Waals surface area contributed by atoms with Gasteiger partial charge in [0.25, 0.3) is 0 Å². The normalized spacial score (nSPS) is 30.0. The predicted molar refractivity (Wildman–Crippen MR) is 66.0 cm³/mol. The van der Waals surface area contributed by atoms with Crippen LogP contribution in [-0.4, -0.2) is 44.2 Å². The van der Waals surface area contributed by atoms with Gasteiger partial charge in [-0.2, -0.15) is 0 Å². The van der Waals surface area contributed by atoms with Crippen molar-refractivity contribution in [1.82, 2.24) is 10.2 Å². The molecule has 0 saturated heterocycles. The maximum absolute atomic E-state index is 5.93. The van der Waals surface area contributed by atoms with Crippen LogP contribution in [0.25, 0.3) is 0 Å². The minimum Gasteiger partial charge on any atom is -0.329 e. The zero-order valence-electron chi connectivity index (χ0n) is 10.8. The Labute approximate surface area is 94.4 Å². The molecule has 0 aliphatic heterocycles. The Bertz CT molecular complexity index is 201. The molecule has 90 valence electrons. The largest absolute Gasteiger partial charge is 0.329 e. The first-order valence-electron chi connectivity index (χ1n) is 5.99. The fourth-order valence-corrected chi connectivity index (χ4v) is 2.61. The summed E-state index contributed by atoms with van der Waals surface area (Å²) in [5.74, 6) is 0. The van der Waals surface area contributed by atoms with Gasteiger partial charge in [0.1, 0.15) is 0 Å². The van der Waals surface area contributed by atoms with Crippen molar-refractivity contribution in [1.29, 1.82) is 0 Å². The van der Waals surface area contributed by atoms with Crippen LogP contribution in [0.15, 0.2) is 0 Å². The fourth-order valence-electron chi connectivity index (χ4n) is 2.61. The van der Waals surface area contributed by atoms with Gasteiger partial charge in [0, 0.05) is 25.2 Å². The molecule has 3 N–H and O–H groups in total. The maximum Gasteiger partial charge on any atom is 0.0309 e. The molecule has 1 rings (SSSR count). The molecule has 0 aromatic heterocycles. The molecule has 0 bridgehead atoms. The smallest absolute Gasteiger partial charge is 0.0309 e. The third-order valence-electron chi connectivity index (χ3n) is 3.55. The summed E-state index contributed by atoms with van der Waals surface area (Å²) in [6, 6.07) is 0. The Morgan fingerprint density at radius 2 is 1.93 bits per heavy atom. The van der Waals surface area contributed by atoms with Crippen LogP contribution in [-0.2, 0) is 0 Å². The van der Waals surface area contributed by atoms with Gasteiger partial charge in [0.15, 0.2) is 0 Å². The summed E-state index contributed by atoms with van der Waals surface area (Å²) in [5.41, 5.74) is 6.60. The van der Waals surface area contributed by atoms with Crippen LogP contribution in [0.3, 0.4) is 0 Å². The van der Waals surface area contributed by atoms with Crippen molar-refractivity contribution in [2.45, 2.75) is 38.6 Å². The quantitative estimate of drug-likeness (QED) is 0.717. The second-order valence-corrected chi connectivity index (χ2v) is 6.06. The Morgan fingerprint density at radius 1 is 1.27 bits per heavy atom. The second-order valence-electron chi connectivity index (χ2n) is 6.06. The van der Waals surface area contributed by atoms with Crippen molar-refractivity contribution >= 4 is 0 Å². The summed E-state index contributed by atoms with van der Waals surface area (Å²) < 4.78 is 0. The lowest BCUT2D eigenvalue weighted by Crippen LogP contribution is -2.51. The number of likely N-dealkylation sites (N-methyl/N-ethyl adjacent to an activating group) is 1. The molecule has 0 aromatic rings. The molecule has 1 atom stereocenters. The molecule has 0 aromatic carbocycles. The van der Waals surface area contributed by atoms with Gasteiger partial charge in [-0.05, 0) is 38.8 Å². The van der Waals surface area contributed by atoms with E-state index in [0.717, 1.165) is 19.6 Å². The first kappa shape index (κ1) is 12.9. The molecule has 0 spiro atoms. The molecule has 15 heavy (non-hydrogen) atoms. The zero-order chi connectivity index (χ0) is 11.5. The van der Waals surface area contributed by atoms with Gasteiger partial charge in [-0.15, -0.1) is 0 Å². The number of nitrogens with zero attached hydrogens (tertiary/aromatic N) is 1. The molecule has 1 aliphatic rings. The number of nitrogens with one attached hydrogen (secondary N) is 1. The van der Waals surface area contributed by atoms with E-state index in [4.69, 9.17) is 5.73 Å². The maximum atomic E-state index is 5.93. The Morgan fingerprint density at radius 3 is 2.33 bits per heavy atom. The molecule has 3 heteroatoms. The highest BCUT2D eigenvalue weighted by Gasteiger charge is 2.41. The molecule has 0 radical (unpaired) electrons. The highest BCUT2D eigenvalue weighted by atomic mass is 15.1. The SMILES string of the molecule is CN(C)CCNC1(CN)CCC(C)(C)C1. The standard InChI is InChI=1S/C12H27N3/c1-11(2)5-6-12(9-11,10-13)14-7-8-15(3)4/h14H,5-10,13H2,1-4H3. The lowest BCUT2D eigenvalue weighted by Gasteiger charge is -2.31. The molecular weight excluding hydrogens is 186 g/mol. The van der Waals surface area contributed by atoms with E-state index in [1.54, 1.807) is 0 Å². The molecular formula is C12H27N3. The molecule has 1 unspecified atom stereocenters. The highest BCUT2D eigenvalue weighted by molar-refractivity contribution is 5.00. The average molecular weight is 213 g/mol. The average Bonchev–Trinajstić information content (AvgIpc) is 2.42. The number of hydrogen-bond donors (Lipinski definition) is 2. The summed E-state index contributed by atoms with van der Waals surface area (Å²) in [4.78, 5) is 2.21. The molecule has 1 aliphatic carbocycles. The third kappa shape index (κ3) is 3.74. The minimum atomic E-state index is 0.208. The Kier molecular flexibility index (Phi) is 4.15. The van der Waals surface area contributed by atoms with Crippen LogP contribution < -0.4 is 11.1 Å². The van der Waals surface area contributed by atoms with Gasteiger partial charge in [-0.25, -0.2) is 0 Å². The lowest BCUT2D eigenvalue weighted by molar-refractivity contribution is 0.277. The monoisotopic (exact) mass is 213 g/mol. The Balaban J connectivity index is 2.42. The summed E-state index contributed by atoms with van der Waals surface area (Å²) in [6.07, 6.45) is 3.73. The van der Waals surface area contributed by atoms with Crippen molar-refractivity contribution in [3.8, 4) is 0 Å². The fraction of sp³-hybridized carbons (Fsp3) is 1.00. The minimum absolute atomic E-state index is 0.208. The van der Waals surface area contributed by atoms with E-state index < -0.39 is 0 Å². The van der Waals surface area contributed by atoms with E-state index in [9.17, 15) is 0 Å². The van der Waals surface area contributed by atoms with E-state index in [0.29, 0.717) is 5.41 Å². The molecule has 0 amide bonds. The summed E-state index contributed by atoms with van der Waals surface area (Å²) >= 11 is 0. The molecule has 0 heterocycles. The van der Waals surface area contributed by atoms with Crippen LogP contribution in [0.2, 0.25) is 0 Å². The van der Waals surface area contributed by atoms with Gasteiger partial charge in [0.05, 0.1) is 0 Å². The van der Waals surface area contributed by atoms with E-state index in [2.05, 4.69) is 38.2 Å². The highest BCUT2D eigenvalue weighted by Crippen LogP contribution is 2.42. The topological polar surface area (TPSA) is 41.3 Å². The Hall–Kier alpha value is -0.120. The lowest BCUT2D eigenvalue weighted by atomic mass is 9.87. The number of hydrogen-bond acceptors (Lipinski definition) is 3. The zero-order valence-corrected chi connectivity index (χ0v) is 10.8. The van der Waals surface area contributed by atoms with Gasteiger partial charge < -0.3 is 16.0 Å². The van der Waals surface area contributed by atoms with Crippen LogP contribution >= 0.6 is 0 Å². The van der Waals surface area contributed by atoms with E-state index in [-0.39, 0.29) is 5.54 Å². The number of nitrogens with two attached hydrogens (primary N) is 1.